The van der Waals surface area contributed by atoms with E-state index in [0.717, 1.165) is 5.56 Å². The number of likely N-dealkylation sites (tertiary alicyclic amines) is 1. The second kappa shape index (κ2) is 7.21. The van der Waals surface area contributed by atoms with Gasteiger partial charge >= 0.3 is 12.1 Å². The lowest BCUT2D eigenvalue weighted by Crippen LogP contribution is -2.52. The van der Waals surface area contributed by atoms with E-state index in [1.165, 1.54) is 0 Å². The van der Waals surface area contributed by atoms with Crippen LogP contribution in [0.5, 0.6) is 0 Å². The zero-order chi connectivity index (χ0) is 17.8. The van der Waals surface area contributed by atoms with Crippen molar-refractivity contribution in [1.82, 2.24) is 10.2 Å². The molecule has 0 aliphatic carbocycles. The van der Waals surface area contributed by atoms with Gasteiger partial charge in [-0.25, -0.2) is 0 Å². The molecule has 1 aliphatic heterocycles. The number of benzene rings is 1. The number of hydrogen-bond donors (Lipinski definition) is 2. The summed E-state index contributed by atoms with van der Waals surface area (Å²) in [6.45, 7) is -0.253. The molecule has 0 spiro atoms. The molecule has 8 heteroatoms. The Morgan fingerprint density at radius 2 is 1.92 bits per heavy atom. The summed E-state index contributed by atoms with van der Waals surface area (Å²) in [5.41, 5.74) is -1.61. The fourth-order valence-electron chi connectivity index (χ4n) is 2.86. The van der Waals surface area contributed by atoms with Crippen molar-refractivity contribution >= 4 is 11.9 Å². The van der Waals surface area contributed by atoms with E-state index >= 15 is 0 Å². The zero-order valence-electron chi connectivity index (χ0n) is 13.0. The third-order valence-corrected chi connectivity index (χ3v) is 4.20. The van der Waals surface area contributed by atoms with E-state index in [1.54, 1.807) is 17.0 Å². The fourth-order valence-corrected chi connectivity index (χ4v) is 2.86. The second-order valence-electron chi connectivity index (χ2n) is 5.93. The standard InChI is InChI=1S/C16H19F3N2O3/c17-16(18,19)15(14(24)20-8-6-13(22)23)7-9-21(11-15)10-12-4-2-1-3-5-12/h1-5H,6-11H2,(H,20,24)(H,22,23). The molecule has 2 rings (SSSR count). The number of rotatable bonds is 6. The Bertz CT molecular complexity index is 592. The van der Waals surface area contributed by atoms with Crippen LogP contribution in [0.4, 0.5) is 13.2 Å². The predicted molar refractivity (Wildman–Crippen MR) is 80.1 cm³/mol. The first-order valence-electron chi connectivity index (χ1n) is 7.58. The fraction of sp³-hybridized carbons (Fsp3) is 0.500. The minimum absolute atomic E-state index is 0.154. The Labute approximate surface area is 137 Å². The number of hydrogen-bond acceptors (Lipinski definition) is 3. The van der Waals surface area contributed by atoms with Crippen molar-refractivity contribution in [3.63, 3.8) is 0 Å². The molecule has 1 amide bonds. The summed E-state index contributed by atoms with van der Waals surface area (Å²) in [5.74, 6) is -2.32. The molecular weight excluding hydrogens is 325 g/mol. The maximum Gasteiger partial charge on any atom is 0.404 e. The van der Waals surface area contributed by atoms with Crippen LogP contribution >= 0.6 is 0 Å². The number of alkyl halides is 3. The van der Waals surface area contributed by atoms with Crippen molar-refractivity contribution in [2.24, 2.45) is 5.41 Å². The lowest BCUT2D eigenvalue weighted by atomic mass is 9.85. The monoisotopic (exact) mass is 344 g/mol. The van der Waals surface area contributed by atoms with Crippen LogP contribution in [0.3, 0.4) is 0 Å². The largest absolute Gasteiger partial charge is 0.481 e. The summed E-state index contributed by atoms with van der Waals surface area (Å²) < 4.78 is 40.7. The average Bonchev–Trinajstić information content (AvgIpc) is 2.93. The van der Waals surface area contributed by atoms with E-state index in [4.69, 9.17) is 5.11 Å². The first kappa shape index (κ1) is 18.3. The van der Waals surface area contributed by atoms with E-state index in [-0.39, 0.29) is 19.5 Å². The molecular formula is C16H19F3N2O3. The van der Waals surface area contributed by atoms with Crippen LogP contribution in [0, 0.1) is 5.41 Å². The van der Waals surface area contributed by atoms with Gasteiger partial charge in [-0.2, -0.15) is 13.2 Å². The van der Waals surface area contributed by atoms with Crippen molar-refractivity contribution in [1.29, 1.82) is 0 Å². The summed E-state index contributed by atoms with van der Waals surface area (Å²) >= 11 is 0. The number of aliphatic carboxylic acids is 1. The molecule has 1 fully saturated rings. The molecule has 2 N–H and O–H groups in total. The molecule has 24 heavy (non-hydrogen) atoms. The Morgan fingerprint density at radius 3 is 2.50 bits per heavy atom. The third-order valence-electron chi connectivity index (χ3n) is 4.20. The number of carboxylic acids is 1. The number of nitrogens with one attached hydrogen (secondary N) is 1. The minimum atomic E-state index is -4.69. The molecule has 0 radical (unpaired) electrons. The molecule has 1 unspecified atom stereocenters. The van der Waals surface area contributed by atoms with Crippen molar-refractivity contribution in [3.05, 3.63) is 35.9 Å². The maximum absolute atomic E-state index is 13.6. The molecule has 0 saturated carbocycles. The van der Waals surface area contributed by atoms with E-state index in [1.807, 2.05) is 18.2 Å². The number of halogens is 3. The van der Waals surface area contributed by atoms with Crippen LogP contribution < -0.4 is 5.32 Å². The SMILES string of the molecule is O=C(O)CCNC(=O)C1(C(F)(F)F)CCN(Cc2ccccc2)C1. The molecule has 1 atom stereocenters. The van der Waals surface area contributed by atoms with Crippen LogP contribution in [0.1, 0.15) is 18.4 Å². The molecule has 5 nitrogen and oxygen atoms in total. The van der Waals surface area contributed by atoms with Gasteiger partial charge in [0.2, 0.25) is 5.91 Å². The third kappa shape index (κ3) is 4.05. The van der Waals surface area contributed by atoms with Crippen LogP contribution in [0.25, 0.3) is 0 Å². The Morgan fingerprint density at radius 1 is 1.25 bits per heavy atom. The quantitative estimate of drug-likeness (QED) is 0.829. The first-order valence-corrected chi connectivity index (χ1v) is 7.58. The molecule has 1 aromatic rings. The Hall–Kier alpha value is -2.09. The Kier molecular flexibility index (Phi) is 5.48. The highest BCUT2D eigenvalue weighted by molar-refractivity contribution is 5.84. The van der Waals surface area contributed by atoms with E-state index in [9.17, 15) is 22.8 Å². The van der Waals surface area contributed by atoms with Crippen LogP contribution in [0.15, 0.2) is 30.3 Å². The lowest BCUT2D eigenvalue weighted by molar-refractivity contribution is -0.218. The molecule has 0 bridgehead atoms. The van der Waals surface area contributed by atoms with Crippen molar-refractivity contribution in [2.45, 2.75) is 25.6 Å². The zero-order valence-corrected chi connectivity index (χ0v) is 13.0. The van der Waals surface area contributed by atoms with Gasteiger partial charge in [0.25, 0.3) is 0 Å². The van der Waals surface area contributed by atoms with Gasteiger partial charge in [-0.15, -0.1) is 0 Å². The second-order valence-corrected chi connectivity index (χ2v) is 5.93. The highest BCUT2D eigenvalue weighted by Gasteiger charge is 2.62. The highest BCUT2D eigenvalue weighted by atomic mass is 19.4. The van der Waals surface area contributed by atoms with Crippen LogP contribution in [-0.2, 0) is 16.1 Å². The summed E-state index contributed by atoms with van der Waals surface area (Å²) in [4.78, 5) is 24.2. The number of nitrogens with zero attached hydrogens (tertiary/aromatic N) is 1. The summed E-state index contributed by atoms with van der Waals surface area (Å²) in [5, 5.41) is 10.7. The van der Waals surface area contributed by atoms with Gasteiger partial charge in [0.05, 0.1) is 6.42 Å². The van der Waals surface area contributed by atoms with Gasteiger partial charge in [-0.3, -0.25) is 14.5 Å². The van der Waals surface area contributed by atoms with Crippen molar-refractivity contribution in [2.75, 3.05) is 19.6 Å². The minimum Gasteiger partial charge on any atom is -0.481 e. The molecule has 1 saturated heterocycles. The van der Waals surface area contributed by atoms with Gasteiger partial charge in [0.15, 0.2) is 5.41 Å². The summed E-state index contributed by atoms with van der Waals surface area (Å²) in [7, 11) is 0. The highest BCUT2D eigenvalue weighted by Crippen LogP contribution is 2.46. The Balaban J connectivity index is 2.07. The normalized spacial score (nSPS) is 21.6. The van der Waals surface area contributed by atoms with Gasteiger partial charge in [0.1, 0.15) is 0 Å². The number of carboxylic acid groups (broad SMARTS) is 1. The number of carbonyl (C=O) groups is 2. The van der Waals surface area contributed by atoms with Crippen molar-refractivity contribution < 1.29 is 27.9 Å². The predicted octanol–water partition coefficient (Wildman–Crippen LogP) is 2.03. The summed E-state index contributed by atoms with van der Waals surface area (Å²) in [6.07, 6.45) is -5.43. The first-order chi connectivity index (χ1) is 11.2. The lowest BCUT2D eigenvalue weighted by Gasteiger charge is -2.30. The molecule has 1 aliphatic rings. The number of amides is 1. The van der Waals surface area contributed by atoms with Gasteiger partial charge in [0, 0.05) is 19.6 Å². The molecule has 1 heterocycles. The van der Waals surface area contributed by atoms with Gasteiger partial charge < -0.3 is 10.4 Å². The molecule has 1 aromatic carbocycles. The van der Waals surface area contributed by atoms with Crippen LogP contribution in [0.2, 0.25) is 0 Å². The topological polar surface area (TPSA) is 69.6 Å². The van der Waals surface area contributed by atoms with Gasteiger partial charge in [-0.05, 0) is 18.5 Å². The van der Waals surface area contributed by atoms with Gasteiger partial charge in [-0.1, -0.05) is 30.3 Å². The van der Waals surface area contributed by atoms with Crippen LogP contribution in [-0.4, -0.2) is 47.7 Å². The van der Waals surface area contributed by atoms with Crippen molar-refractivity contribution in [3.8, 4) is 0 Å². The molecule has 0 aromatic heterocycles. The average molecular weight is 344 g/mol. The van der Waals surface area contributed by atoms with E-state index in [0.29, 0.717) is 6.54 Å². The molecule has 132 valence electrons. The van der Waals surface area contributed by atoms with E-state index < -0.39 is 36.4 Å². The van der Waals surface area contributed by atoms with E-state index in [2.05, 4.69) is 5.32 Å². The number of carbonyl (C=O) groups excluding carboxylic acids is 1. The smallest absolute Gasteiger partial charge is 0.404 e. The maximum atomic E-state index is 13.6. The summed E-state index contributed by atoms with van der Waals surface area (Å²) in [6, 6.07) is 9.08.